The maximum absolute atomic E-state index is 10.3. The van der Waals surface area contributed by atoms with E-state index in [9.17, 15) is 5.11 Å². The zero-order valence-electron chi connectivity index (χ0n) is 14.1. The minimum atomic E-state index is -0.479. The summed E-state index contributed by atoms with van der Waals surface area (Å²) in [6, 6.07) is 8.04. The van der Waals surface area contributed by atoms with Gasteiger partial charge in [-0.3, -0.25) is 4.68 Å². The normalized spacial score (nSPS) is 12.6. The van der Waals surface area contributed by atoms with Gasteiger partial charge >= 0.3 is 0 Å². The van der Waals surface area contributed by atoms with Crippen LogP contribution in [0.1, 0.15) is 48.0 Å². The summed E-state index contributed by atoms with van der Waals surface area (Å²) >= 11 is 0. The Bertz CT molecular complexity index is 602. The van der Waals surface area contributed by atoms with Gasteiger partial charge in [-0.2, -0.15) is 5.10 Å². The molecule has 0 saturated heterocycles. The number of hydrogen-bond donors (Lipinski definition) is 2. The lowest BCUT2D eigenvalue weighted by Crippen LogP contribution is -2.22. The Kier molecular flexibility index (Phi) is 5.75. The molecule has 2 N–H and O–H groups in total. The van der Waals surface area contributed by atoms with Crippen molar-refractivity contribution >= 4 is 0 Å². The average Bonchev–Trinajstić information content (AvgIpc) is 2.83. The van der Waals surface area contributed by atoms with E-state index in [2.05, 4.69) is 31.2 Å². The number of hydrogen-bond acceptors (Lipinski definition) is 3. The number of benzene rings is 1. The molecule has 1 atom stereocenters. The molecule has 0 radical (unpaired) electrons. The molecule has 22 heavy (non-hydrogen) atoms. The minimum absolute atomic E-state index is 0.479. The van der Waals surface area contributed by atoms with Gasteiger partial charge in [-0.1, -0.05) is 43.7 Å². The van der Waals surface area contributed by atoms with Crippen molar-refractivity contribution in [3.8, 4) is 0 Å². The fourth-order valence-corrected chi connectivity index (χ4v) is 2.83. The van der Waals surface area contributed by atoms with Crippen LogP contribution in [0.2, 0.25) is 0 Å². The second-order valence-corrected chi connectivity index (χ2v) is 5.76. The summed E-state index contributed by atoms with van der Waals surface area (Å²) in [5.41, 5.74) is 5.87. The molecule has 0 aliphatic carbocycles. The average molecular weight is 301 g/mol. The first-order valence-corrected chi connectivity index (χ1v) is 8.05. The molecular formula is C18H27N3O. The highest BCUT2D eigenvalue weighted by molar-refractivity contribution is 5.27. The first-order valence-electron chi connectivity index (χ1n) is 8.05. The van der Waals surface area contributed by atoms with Gasteiger partial charge in [0.15, 0.2) is 0 Å². The molecule has 0 spiro atoms. The standard InChI is InChI=1S/C18H27N3O/c1-5-16-15(17(6-2)21(4)20-16)11-19-12-18(22)14-9-7-13(3)8-10-14/h7-10,18-19,22H,5-6,11-12H2,1-4H3/t18-/m0/s1. The Morgan fingerprint density at radius 3 is 2.45 bits per heavy atom. The quantitative estimate of drug-likeness (QED) is 0.826. The molecule has 1 aromatic heterocycles. The molecule has 0 amide bonds. The maximum atomic E-state index is 10.3. The van der Waals surface area contributed by atoms with Crippen molar-refractivity contribution in [3.05, 3.63) is 52.3 Å². The van der Waals surface area contributed by atoms with Crippen molar-refractivity contribution in [2.75, 3.05) is 6.54 Å². The Hall–Kier alpha value is -1.65. The number of aromatic nitrogens is 2. The molecule has 120 valence electrons. The third-order valence-electron chi connectivity index (χ3n) is 4.13. The number of nitrogens with zero attached hydrogens (tertiary/aromatic N) is 2. The molecular weight excluding hydrogens is 274 g/mol. The van der Waals surface area contributed by atoms with Crippen molar-refractivity contribution < 1.29 is 5.11 Å². The van der Waals surface area contributed by atoms with Crippen LogP contribution in [-0.2, 0) is 26.4 Å². The minimum Gasteiger partial charge on any atom is -0.387 e. The molecule has 0 unspecified atom stereocenters. The van der Waals surface area contributed by atoms with Crippen molar-refractivity contribution in [1.82, 2.24) is 15.1 Å². The van der Waals surface area contributed by atoms with Crippen molar-refractivity contribution in [3.63, 3.8) is 0 Å². The van der Waals surface area contributed by atoms with Crippen LogP contribution in [-0.4, -0.2) is 21.4 Å². The van der Waals surface area contributed by atoms with E-state index in [4.69, 9.17) is 0 Å². The smallest absolute Gasteiger partial charge is 0.0914 e. The van der Waals surface area contributed by atoms with Crippen LogP contribution in [0, 0.1) is 6.92 Å². The van der Waals surface area contributed by atoms with Crippen molar-refractivity contribution in [1.29, 1.82) is 0 Å². The summed E-state index contributed by atoms with van der Waals surface area (Å²) in [6.07, 6.45) is 1.43. The van der Waals surface area contributed by atoms with Crippen LogP contribution >= 0.6 is 0 Å². The van der Waals surface area contributed by atoms with Crippen LogP contribution in [0.15, 0.2) is 24.3 Å². The maximum Gasteiger partial charge on any atom is 0.0914 e. The molecule has 0 saturated carbocycles. The van der Waals surface area contributed by atoms with Gasteiger partial charge in [-0.25, -0.2) is 0 Å². The summed E-state index contributed by atoms with van der Waals surface area (Å²) in [4.78, 5) is 0. The lowest BCUT2D eigenvalue weighted by atomic mass is 10.1. The van der Waals surface area contributed by atoms with E-state index in [1.807, 2.05) is 36.0 Å². The topological polar surface area (TPSA) is 50.1 Å². The molecule has 4 nitrogen and oxygen atoms in total. The predicted octanol–water partition coefficient (Wildman–Crippen LogP) is 2.68. The number of nitrogens with one attached hydrogen (secondary N) is 1. The van der Waals surface area contributed by atoms with Gasteiger partial charge in [-0.15, -0.1) is 0 Å². The summed E-state index contributed by atoms with van der Waals surface area (Å²) in [5, 5.41) is 18.2. The summed E-state index contributed by atoms with van der Waals surface area (Å²) in [5.74, 6) is 0. The van der Waals surface area contributed by atoms with E-state index in [0.29, 0.717) is 6.54 Å². The van der Waals surface area contributed by atoms with Gasteiger partial charge in [0.2, 0.25) is 0 Å². The van der Waals surface area contributed by atoms with Crippen LogP contribution in [0.4, 0.5) is 0 Å². The SMILES string of the molecule is CCc1nn(C)c(CC)c1CNC[C@H](O)c1ccc(C)cc1. The van der Waals surface area contributed by atoms with Crippen LogP contribution in [0.3, 0.4) is 0 Å². The molecule has 1 heterocycles. The summed E-state index contributed by atoms with van der Waals surface area (Å²) in [7, 11) is 2.00. The highest BCUT2D eigenvalue weighted by Crippen LogP contribution is 2.16. The zero-order valence-corrected chi connectivity index (χ0v) is 14.1. The Balaban J connectivity index is 1.97. The molecule has 4 heteroatoms. The van der Waals surface area contributed by atoms with Gasteiger partial charge in [0.25, 0.3) is 0 Å². The van der Waals surface area contributed by atoms with Gasteiger partial charge < -0.3 is 10.4 Å². The molecule has 0 bridgehead atoms. The molecule has 1 aromatic carbocycles. The fourth-order valence-electron chi connectivity index (χ4n) is 2.83. The number of rotatable bonds is 7. The van der Waals surface area contributed by atoms with E-state index >= 15 is 0 Å². The fraction of sp³-hybridized carbons (Fsp3) is 0.500. The largest absolute Gasteiger partial charge is 0.387 e. The molecule has 0 aliphatic heterocycles. The molecule has 2 aromatic rings. The first kappa shape index (κ1) is 16.7. The van der Waals surface area contributed by atoms with Crippen LogP contribution < -0.4 is 5.32 Å². The monoisotopic (exact) mass is 301 g/mol. The van der Waals surface area contributed by atoms with E-state index in [1.165, 1.54) is 16.8 Å². The second kappa shape index (κ2) is 7.56. The molecule has 0 fully saturated rings. The highest BCUT2D eigenvalue weighted by Gasteiger charge is 2.14. The zero-order chi connectivity index (χ0) is 16.1. The summed E-state index contributed by atoms with van der Waals surface area (Å²) < 4.78 is 1.98. The van der Waals surface area contributed by atoms with E-state index in [-0.39, 0.29) is 0 Å². The van der Waals surface area contributed by atoms with E-state index < -0.39 is 6.10 Å². The van der Waals surface area contributed by atoms with Gasteiger partial charge in [0.05, 0.1) is 11.8 Å². The number of aliphatic hydroxyl groups excluding tert-OH is 1. The Labute approximate surface area is 133 Å². The predicted molar refractivity (Wildman–Crippen MR) is 89.8 cm³/mol. The molecule has 2 rings (SSSR count). The van der Waals surface area contributed by atoms with E-state index in [0.717, 1.165) is 30.6 Å². The lowest BCUT2D eigenvalue weighted by Gasteiger charge is -2.13. The third-order valence-corrected chi connectivity index (χ3v) is 4.13. The van der Waals surface area contributed by atoms with Crippen LogP contribution in [0.5, 0.6) is 0 Å². The van der Waals surface area contributed by atoms with Crippen molar-refractivity contribution in [2.45, 2.75) is 46.3 Å². The third kappa shape index (κ3) is 3.76. The highest BCUT2D eigenvalue weighted by atomic mass is 16.3. The lowest BCUT2D eigenvalue weighted by molar-refractivity contribution is 0.174. The molecule has 0 aliphatic rings. The van der Waals surface area contributed by atoms with Gasteiger partial charge in [-0.05, 0) is 25.3 Å². The second-order valence-electron chi connectivity index (χ2n) is 5.76. The first-order chi connectivity index (χ1) is 10.6. The van der Waals surface area contributed by atoms with E-state index in [1.54, 1.807) is 0 Å². The summed E-state index contributed by atoms with van der Waals surface area (Å²) in [6.45, 7) is 7.64. The van der Waals surface area contributed by atoms with Crippen LogP contribution in [0.25, 0.3) is 0 Å². The Morgan fingerprint density at radius 1 is 1.18 bits per heavy atom. The van der Waals surface area contributed by atoms with Gasteiger partial charge in [0.1, 0.15) is 0 Å². The number of aliphatic hydroxyl groups is 1. The van der Waals surface area contributed by atoms with Crippen molar-refractivity contribution in [2.24, 2.45) is 7.05 Å². The Morgan fingerprint density at radius 2 is 1.86 bits per heavy atom. The van der Waals surface area contributed by atoms with Gasteiger partial charge in [0, 0.05) is 31.4 Å². The number of aryl methyl sites for hydroxylation is 3.